The molecule has 2 aromatic heterocycles. The summed E-state index contributed by atoms with van der Waals surface area (Å²) in [6, 6.07) is 16.1. The molecule has 0 amide bonds. The normalized spacial score (nSPS) is 14.2. The molecular formula is C26H31N7O2S. The first-order chi connectivity index (χ1) is 17.3. The highest BCUT2D eigenvalue weighted by Crippen LogP contribution is 2.26. The summed E-state index contributed by atoms with van der Waals surface area (Å²) >= 11 is 0. The Morgan fingerprint density at radius 3 is 2.56 bits per heavy atom. The number of piperazine rings is 1. The number of hydrogen-bond donors (Lipinski definition) is 2. The molecule has 1 aliphatic heterocycles. The highest BCUT2D eigenvalue weighted by atomic mass is 32.2. The third kappa shape index (κ3) is 5.14. The van der Waals surface area contributed by atoms with Gasteiger partial charge in [0.1, 0.15) is 5.65 Å². The molecule has 1 aliphatic rings. The van der Waals surface area contributed by atoms with Gasteiger partial charge in [-0.15, -0.1) is 0 Å². The predicted molar refractivity (Wildman–Crippen MR) is 146 cm³/mol. The molecule has 10 heteroatoms. The number of fused-ring (bicyclic) bond motifs is 1. The smallest absolute Gasteiger partial charge is 0.232 e. The Labute approximate surface area is 211 Å². The van der Waals surface area contributed by atoms with E-state index in [0.29, 0.717) is 18.2 Å². The van der Waals surface area contributed by atoms with E-state index in [1.807, 2.05) is 54.1 Å². The summed E-state index contributed by atoms with van der Waals surface area (Å²) in [5.74, 6) is 0.509. The van der Waals surface area contributed by atoms with Gasteiger partial charge in [-0.3, -0.25) is 4.31 Å². The number of rotatable bonds is 7. The number of benzene rings is 2. The standard InChI is InChI=1S/C26H31N7O2S/c1-19-4-9-24(31(2)36(3,34)35)21(16-19)18-33-13-10-20-17-28-26(30-25(20)33)29-22-5-7-23(8-6-22)32-14-11-27-12-15-32/h4-10,13,16-17,27H,11-12,14-15,18H2,1-3H3,(H,28,29,30). The van der Waals surface area contributed by atoms with E-state index in [-0.39, 0.29) is 0 Å². The Balaban J connectivity index is 1.39. The molecular weight excluding hydrogens is 474 g/mol. The lowest BCUT2D eigenvalue weighted by Gasteiger charge is -2.29. The Bertz CT molecular complexity index is 1480. The average Bonchev–Trinajstić information content (AvgIpc) is 3.26. The molecule has 1 saturated heterocycles. The van der Waals surface area contributed by atoms with E-state index in [0.717, 1.165) is 54.0 Å². The molecule has 0 radical (unpaired) electrons. The van der Waals surface area contributed by atoms with Crippen molar-refractivity contribution in [2.75, 3.05) is 54.0 Å². The SMILES string of the molecule is Cc1ccc(N(C)S(C)(=O)=O)c(Cn2ccc3cnc(Nc4ccc(N5CCNCC5)cc4)nc32)c1. The van der Waals surface area contributed by atoms with Crippen LogP contribution in [-0.2, 0) is 16.6 Å². The van der Waals surface area contributed by atoms with E-state index in [9.17, 15) is 8.42 Å². The number of nitrogens with one attached hydrogen (secondary N) is 2. The molecule has 0 saturated carbocycles. The van der Waals surface area contributed by atoms with Crippen molar-refractivity contribution in [1.29, 1.82) is 0 Å². The summed E-state index contributed by atoms with van der Waals surface area (Å²) < 4.78 is 27.7. The van der Waals surface area contributed by atoms with Crippen molar-refractivity contribution in [3.63, 3.8) is 0 Å². The number of aromatic nitrogens is 3. The average molecular weight is 506 g/mol. The maximum absolute atomic E-state index is 12.2. The fourth-order valence-electron chi connectivity index (χ4n) is 4.48. The van der Waals surface area contributed by atoms with Crippen LogP contribution in [0.25, 0.3) is 11.0 Å². The monoisotopic (exact) mass is 505 g/mol. The number of hydrogen-bond acceptors (Lipinski definition) is 7. The van der Waals surface area contributed by atoms with Gasteiger partial charge in [-0.2, -0.15) is 4.98 Å². The summed E-state index contributed by atoms with van der Waals surface area (Å²) in [6.45, 7) is 6.50. The summed E-state index contributed by atoms with van der Waals surface area (Å²) in [5.41, 5.74) is 5.52. The van der Waals surface area contributed by atoms with E-state index < -0.39 is 10.0 Å². The van der Waals surface area contributed by atoms with Crippen molar-refractivity contribution in [3.8, 4) is 0 Å². The van der Waals surface area contributed by atoms with Crippen molar-refractivity contribution >= 4 is 44.1 Å². The summed E-state index contributed by atoms with van der Waals surface area (Å²) in [7, 11) is -1.80. The minimum Gasteiger partial charge on any atom is -0.369 e. The first kappa shape index (κ1) is 24.1. The second-order valence-electron chi connectivity index (χ2n) is 9.19. The molecule has 0 atom stereocenters. The zero-order valence-electron chi connectivity index (χ0n) is 20.8. The van der Waals surface area contributed by atoms with E-state index in [1.54, 1.807) is 13.2 Å². The first-order valence-corrected chi connectivity index (χ1v) is 13.8. The lowest BCUT2D eigenvalue weighted by Crippen LogP contribution is -2.43. The van der Waals surface area contributed by atoms with E-state index in [1.165, 1.54) is 16.2 Å². The second kappa shape index (κ2) is 9.79. The van der Waals surface area contributed by atoms with Crippen LogP contribution < -0.4 is 19.8 Å². The Hall–Kier alpha value is -3.63. The Morgan fingerprint density at radius 2 is 1.83 bits per heavy atom. The predicted octanol–water partition coefficient (Wildman–Crippen LogP) is 3.34. The van der Waals surface area contributed by atoms with Crippen molar-refractivity contribution in [2.45, 2.75) is 13.5 Å². The van der Waals surface area contributed by atoms with Crippen LogP contribution in [0, 0.1) is 6.92 Å². The zero-order chi connectivity index (χ0) is 25.3. The fourth-order valence-corrected chi connectivity index (χ4v) is 5.01. The van der Waals surface area contributed by atoms with Gasteiger partial charge in [0.05, 0.1) is 18.5 Å². The van der Waals surface area contributed by atoms with Gasteiger partial charge in [0, 0.05) is 62.4 Å². The first-order valence-electron chi connectivity index (χ1n) is 12.0. The van der Waals surface area contributed by atoms with Crippen LogP contribution in [0.1, 0.15) is 11.1 Å². The molecule has 9 nitrogen and oxygen atoms in total. The minimum absolute atomic E-state index is 0.482. The van der Waals surface area contributed by atoms with Crippen LogP contribution in [0.5, 0.6) is 0 Å². The van der Waals surface area contributed by atoms with Gasteiger partial charge >= 0.3 is 0 Å². The van der Waals surface area contributed by atoms with Gasteiger partial charge < -0.3 is 20.1 Å². The molecule has 1 fully saturated rings. The molecule has 0 unspecified atom stereocenters. The molecule has 0 aliphatic carbocycles. The van der Waals surface area contributed by atoms with E-state index in [4.69, 9.17) is 4.98 Å². The summed E-state index contributed by atoms with van der Waals surface area (Å²) in [5, 5.41) is 7.61. The van der Waals surface area contributed by atoms with Crippen LogP contribution in [0.15, 0.2) is 60.9 Å². The molecule has 0 spiro atoms. The highest BCUT2D eigenvalue weighted by Gasteiger charge is 2.17. The van der Waals surface area contributed by atoms with Gasteiger partial charge in [-0.1, -0.05) is 17.7 Å². The van der Waals surface area contributed by atoms with Gasteiger partial charge in [0.25, 0.3) is 0 Å². The largest absolute Gasteiger partial charge is 0.369 e. The third-order valence-electron chi connectivity index (χ3n) is 6.52. The molecule has 5 rings (SSSR count). The highest BCUT2D eigenvalue weighted by molar-refractivity contribution is 7.92. The lowest BCUT2D eigenvalue weighted by molar-refractivity contribution is 0.589. The molecule has 188 valence electrons. The number of sulfonamides is 1. The van der Waals surface area contributed by atoms with Gasteiger partial charge in [-0.05, 0) is 48.9 Å². The van der Waals surface area contributed by atoms with Crippen molar-refractivity contribution in [2.24, 2.45) is 0 Å². The van der Waals surface area contributed by atoms with Gasteiger partial charge in [0.15, 0.2) is 0 Å². The molecule has 4 aromatic rings. The number of aryl methyl sites for hydroxylation is 1. The fraction of sp³-hybridized carbons (Fsp3) is 0.308. The number of anilines is 4. The summed E-state index contributed by atoms with van der Waals surface area (Å²) in [6.07, 6.45) is 4.97. The van der Waals surface area contributed by atoms with E-state index >= 15 is 0 Å². The van der Waals surface area contributed by atoms with Crippen LogP contribution in [0.3, 0.4) is 0 Å². The van der Waals surface area contributed by atoms with Crippen LogP contribution in [0.2, 0.25) is 0 Å². The lowest BCUT2D eigenvalue weighted by atomic mass is 10.1. The summed E-state index contributed by atoms with van der Waals surface area (Å²) in [4.78, 5) is 11.6. The van der Waals surface area contributed by atoms with Crippen molar-refractivity contribution in [1.82, 2.24) is 19.9 Å². The van der Waals surface area contributed by atoms with Crippen LogP contribution in [0.4, 0.5) is 23.0 Å². The second-order valence-corrected chi connectivity index (χ2v) is 11.2. The zero-order valence-corrected chi connectivity index (χ0v) is 21.6. The molecule has 2 aromatic carbocycles. The molecule has 36 heavy (non-hydrogen) atoms. The quantitative estimate of drug-likeness (QED) is 0.398. The van der Waals surface area contributed by atoms with E-state index in [2.05, 4.69) is 32.7 Å². The van der Waals surface area contributed by atoms with Crippen molar-refractivity contribution in [3.05, 3.63) is 72.1 Å². The van der Waals surface area contributed by atoms with Crippen molar-refractivity contribution < 1.29 is 8.42 Å². The molecule has 0 bridgehead atoms. The van der Waals surface area contributed by atoms with Crippen LogP contribution >= 0.6 is 0 Å². The molecule has 3 heterocycles. The maximum Gasteiger partial charge on any atom is 0.232 e. The van der Waals surface area contributed by atoms with Crippen LogP contribution in [-0.4, -0.2) is 62.4 Å². The Morgan fingerprint density at radius 1 is 1.08 bits per heavy atom. The topological polar surface area (TPSA) is 95.4 Å². The third-order valence-corrected chi connectivity index (χ3v) is 7.71. The van der Waals surface area contributed by atoms with Gasteiger partial charge in [-0.25, -0.2) is 13.4 Å². The van der Waals surface area contributed by atoms with Gasteiger partial charge in [0.2, 0.25) is 16.0 Å². The molecule has 2 N–H and O–H groups in total. The Kier molecular flexibility index (Phi) is 6.55. The minimum atomic E-state index is -3.38. The number of nitrogens with zero attached hydrogens (tertiary/aromatic N) is 5. The maximum atomic E-state index is 12.2.